The van der Waals surface area contributed by atoms with Gasteiger partial charge in [-0.05, 0) is 12.1 Å². The summed E-state index contributed by atoms with van der Waals surface area (Å²) in [4.78, 5) is 14.4. The van der Waals surface area contributed by atoms with Gasteiger partial charge in [-0.15, -0.1) is 0 Å². The van der Waals surface area contributed by atoms with E-state index in [0.717, 1.165) is 11.3 Å². The number of H-pyrrole nitrogens is 1. The monoisotopic (exact) mass is 301 g/mol. The van der Waals surface area contributed by atoms with Crippen molar-refractivity contribution in [2.75, 3.05) is 12.4 Å². The zero-order chi connectivity index (χ0) is 16.3. The number of aromatic amines is 1. The number of non-ortho nitro benzene ring substituents is 1. The van der Waals surface area contributed by atoms with E-state index < -0.39 is 4.92 Å². The lowest BCUT2D eigenvalue weighted by Crippen LogP contribution is -2.14. The summed E-state index contributed by atoms with van der Waals surface area (Å²) >= 11 is 0. The number of benzene rings is 1. The average molecular weight is 301 g/mol. The molecule has 7 nitrogen and oxygen atoms in total. The van der Waals surface area contributed by atoms with Gasteiger partial charge in [0.05, 0.1) is 4.92 Å². The van der Waals surface area contributed by atoms with E-state index in [1.807, 2.05) is 6.07 Å². The number of nitro groups is 1. The maximum Gasteiger partial charge on any atom is 0.269 e. The number of nitrogens with one attached hydrogen (secondary N) is 2. The van der Waals surface area contributed by atoms with Gasteiger partial charge in [0.1, 0.15) is 5.84 Å². The quantitative estimate of drug-likeness (QED) is 0.394. The van der Waals surface area contributed by atoms with Crippen LogP contribution in [0.3, 0.4) is 0 Å². The Kier molecular flexibility index (Phi) is 4.25. The van der Waals surface area contributed by atoms with Gasteiger partial charge in [-0.2, -0.15) is 5.10 Å². The molecule has 0 aliphatic carbocycles. The van der Waals surface area contributed by atoms with E-state index in [9.17, 15) is 10.1 Å². The number of aromatic nitrogens is 2. The minimum Gasteiger partial charge on any atom is -0.323 e. The molecule has 116 valence electrons. The van der Waals surface area contributed by atoms with Crippen LogP contribution in [-0.4, -0.2) is 28.0 Å². The molecule has 0 amide bonds. The van der Waals surface area contributed by atoms with Crippen LogP contribution in [0.25, 0.3) is 0 Å². The fraction of sp³-hybridized carbons (Fsp3) is 0.333. The SMILES string of the molecule is CN=C(Nc1cc(C(C)(C)C)[nH]n1)c1ccc([N+](=O)[O-])cc1. The molecule has 1 aromatic carbocycles. The zero-order valence-electron chi connectivity index (χ0n) is 13.0. The molecule has 0 bridgehead atoms. The van der Waals surface area contributed by atoms with Crippen LogP contribution in [0.15, 0.2) is 35.3 Å². The first-order valence-electron chi connectivity index (χ1n) is 6.86. The van der Waals surface area contributed by atoms with Gasteiger partial charge in [0.25, 0.3) is 5.69 Å². The van der Waals surface area contributed by atoms with Crippen molar-refractivity contribution in [1.82, 2.24) is 10.2 Å². The average Bonchev–Trinajstić information content (AvgIpc) is 2.93. The second kappa shape index (κ2) is 5.97. The van der Waals surface area contributed by atoms with Gasteiger partial charge in [0.15, 0.2) is 5.82 Å². The van der Waals surface area contributed by atoms with Crippen molar-refractivity contribution in [3.05, 3.63) is 51.7 Å². The summed E-state index contributed by atoms with van der Waals surface area (Å²) in [6, 6.07) is 8.15. The molecule has 0 saturated carbocycles. The highest BCUT2D eigenvalue weighted by Gasteiger charge is 2.17. The topological polar surface area (TPSA) is 96.2 Å². The largest absolute Gasteiger partial charge is 0.323 e. The van der Waals surface area contributed by atoms with Crippen molar-refractivity contribution in [3.8, 4) is 0 Å². The summed E-state index contributed by atoms with van der Waals surface area (Å²) in [6.45, 7) is 6.28. The molecule has 7 heteroatoms. The summed E-state index contributed by atoms with van der Waals surface area (Å²) in [5, 5.41) is 21.0. The van der Waals surface area contributed by atoms with Gasteiger partial charge < -0.3 is 5.32 Å². The molecule has 2 rings (SSSR count). The zero-order valence-corrected chi connectivity index (χ0v) is 13.0. The number of amidine groups is 1. The smallest absolute Gasteiger partial charge is 0.269 e. The fourth-order valence-corrected chi connectivity index (χ4v) is 1.89. The molecule has 0 aliphatic heterocycles. The highest BCUT2D eigenvalue weighted by atomic mass is 16.6. The number of anilines is 1. The van der Waals surface area contributed by atoms with Crippen LogP contribution < -0.4 is 5.32 Å². The molecule has 0 fully saturated rings. The predicted molar refractivity (Wildman–Crippen MR) is 86.5 cm³/mol. The summed E-state index contributed by atoms with van der Waals surface area (Å²) in [5.74, 6) is 1.26. The van der Waals surface area contributed by atoms with Gasteiger partial charge >= 0.3 is 0 Å². The van der Waals surface area contributed by atoms with Gasteiger partial charge in [-0.25, -0.2) is 0 Å². The summed E-state index contributed by atoms with van der Waals surface area (Å²) < 4.78 is 0. The highest BCUT2D eigenvalue weighted by Crippen LogP contribution is 2.22. The Bertz CT molecular complexity index is 695. The van der Waals surface area contributed by atoms with E-state index in [-0.39, 0.29) is 11.1 Å². The van der Waals surface area contributed by atoms with Crippen LogP contribution in [-0.2, 0) is 5.41 Å². The Labute approximate surface area is 128 Å². The number of nitro benzene ring substituents is 1. The fourth-order valence-electron chi connectivity index (χ4n) is 1.89. The van der Waals surface area contributed by atoms with E-state index in [1.165, 1.54) is 12.1 Å². The second-order valence-corrected chi connectivity index (χ2v) is 5.92. The Morgan fingerprint density at radius 3 is 2.41 bits per heavy atom. The predicted octanol–water partition coefficient (Wildman–Crippen LogP) is 3.10. The van der Waals surface area contributed by atoms with Crippen LogP contribution in [0.4, 0.5) is 11.5 Å². The lowest BCUT2D eigenvalue weighted by atomic mass is 9.92. The van der Waals surface area contributed by atoms with Gasteiger partial charge in [-0.3, -0.25) is 20.2 Å². The van der Waals surface area contributed by atoms with Crippen molar-refractivity contribution in [2.24, 2.45) is 4.99 Å². The van der Waals surface area contributed by atoms with Crippen molar-refractivity contribution >= 4 is 17.3 Å². The van der Waals surface area contributed by atoms with Gasteiger partial charge in [0.2, 0.25) is 0 Å². The maximum atomic E-state index is 10.7. The van der Waals surface area contributed by atoms with E-state index in [1.54, 1.807) is 19.2 Å². The van der Waals surface area contributed by atoms with E-state index in [2.05, 4.69) is 41.3 Å². The van der Waals surface area contributed by atoms with Crippen LogP contribution in [0.2, 0.25) is 0 Å². The van der Waals surface area contributed by atoms with E-state index in [4.69, 9.17) is 0 Å². The first-order chi connectivity index (χ1) is 10.3. The molecule has 1 aromatic heterocycles. The van der Waals surface area contributed by atoms with E-state index in [0.29, 0.717) is 11.7 Å². The number of hydrogen-bond acceptors (Lipinski definition) is 4. The summed E-state index contributed by atoms with van der Waals surface area (Å²) in [7, 11) is 1.65. The lowest BCUT2D eigenvalue weighted by molar-refractivity contribution is -0.384. The molecule has 0 atom stereocenters. The molecular formula is C15H19N5O2. The van der Waals surface area contributed by atoms with Crippen molar-refractivity contribution < 1.29 is 4.92 Å². The van der Waals surface area contributed by atoms with Crippen molar-refractivity contribution in [3.63, 3.8) is 0 Å². The molecule has 0 radical (unpaired) electrons. The van der Waals surface area contributed by atoms with Gasteiger partial charge in [0, 0.05) is 41.9 Å². The Hall–Kier alpha value is -2.70. The summed E-state index contributed by atoms with van der Waals surface area (Å²) in [6.07, 6.45) is 0. The minimum atomic E-state index is -0.427. The summed E-state index contributed by atoms with van der Waals surface area (Å²) in [5.41, 5.74) is 1.79. The number of aliphatic imine (C=N–C) groups is 1. The van der Waals surface area contributed by atoms with Crippen LogP contribution in [0.1, 0.15) is 32.0 Å². The second-order valence-electron chi connectivity index (χ2n) is 5.92. The molecule has 0 unspecified atom stereocenters. The normalized spacial score (nSPS) is 12.3. The Morgan fingerprint density at radius 2 is 1.95 bits per heavy atom. The van der Waals surface area contributed by atoms with E-state index >= 15 is 0 Å². The number of rotatable bonds is 3. The molecule has 2 aromatic rings. The van der Waals surface area contributed by atoms with Crippen LogP contribution >= 0.6 is 0 Å². The number of nitrogens with zero attached hydrogens (tertiary/aromatic N) is 3. The number of hydrogen-bond donors (Lipinski definition) is 2. The van der Waals surface area contributed by atoms with Crippen molar-refractivity contribution in [2.45, 2.75) is 26.2 Å². The highest BCUT2D eigenvalue weighted by molar-refractivity contribution is 6.07. The molecule has 0 aliphatic rings. The van der Waals surface area contributed by atoms with Gasteiger partial charge in [-0.1, -0.05) is 20.8 Å². The third-order valence-corrected chi connectivity index (χ3v) is 3.21. The lowest BCUT2D eigenvalue weighted by Gasteiger charge is -2.14. The standard InChI is InChI=1S/C15H19N5O2/c1-15(2,3)12-9-13(19-18-12)17-14(16-4)10-5-7-11(8-6-10)20(21)22/h5-9H,1-4H3,(H2,16,17,18,19). The van der Waals surface area contributed by atoms with Crippen LogP contribution in [0.5, 0.6) is 0 Å². The molecule has 2 N–H and O–H groups in total. The van der Waals surface area contributed by atoms with Crippen LogP contribution in [0, 0.1) is 10.1 Å². The minimum absolute atomic E-state index is 0.0240. The molecule has 22 heavy (non-hydrogen) atoms. The molecular weight excluding hydrogens is 282 g/mol. The molecule has 1 heterocycles. The Balaban J connectivity index is 2.19. The molecule has 0 saturated heterocycles. The first-order valence-corrected chi connectivity index (χ1v) is 6.86. The molecule has 0 spiro atoms. The first kappa shape index (κ1) is 15.7. The third kappa shape index (κ3) is 3.49. The Morgan fingerprint density at radius 1 is 1.32 bits per heavy atom. The maximum absolute atomic E-state index is 10.7. The third-order valence-electron chi connectivity index (χ3n) is 3.21. The van der Waals surface area contributed by atoms with Crippen molar-refractivity contribution in [1.29, 1.82) is 0 Å².